The molecule has 148 valence electrons. The number of aromatic nitrogens is 2. The molecule has 8 heteroatoms. The van der Waals surface area contributed by atoms with E-state index in [-0.39, 0.29) is 24.3 Å². The lowest BCUT2D eigenvalue weighted by molar-refractivity contribution is 0.0907. The number of aryl methyl sites for hydroxylation is 1. The largest absolute Gasteiger partial charge is 0.484 e. The second-order valence-corrected chi connectivity index (χ2v) is 7.09. The Morgan fingerprint density at radius 3 is 2.82 bits per heavy atom. The van der Waals surface area contributed by atoms with Gasteiger partial charge in [0.15, 0.2) is 5.76 Å². The van der Waals surface area contributed by atoms with E-state index >= 15 is 0 Å². The summed E-state index contributed by atoms with van der Waals surface area (Å²) in [5.74, 6) is 0.865. The van der Waals surface area contributed by atoms with Crippen molar-refractivity contribution >= 4 is 29.1 Å². The average Bonchev–Trinajstić information content (AvgIpc) is 3.29. The summed E-state index contributed by atoms with van der Waals surface area (Å²) in [6.07, 6.45) is 1.78. The summed E-state index contributed by atoms with van der Waals surface area (Å²) in [5.41, 5.74) is 2.00. The molecular formula is C20H21Cl2N3O3. The van der Waals surface area contributed by atoms with Crippen molar-refractivity contribution in [1.82, 2.24) is 15.1 Å². The van der Waals surface area contributed by atoms with Crippen molar-refractivity contribution in [3.05, 3.63) is 69.4 Å². The molecule has 1 aromatic carbocycles. The number of hydrogen-bond donors (Lipinski definition) is 1. The van der Waals surface area contributed by atoms with Crippen molar-refractivity contribution in [2.75, 3.05) is 0 Å². The molecule has 6 nitrogen and oxygen atoms in total. The molecule has 0 fully saturated rings. The molecule has 2 aromatic heterocycles. The minimum Gasteiger partial charge on any atom is -0.484 e. The Bertz CT molecular complexity index is 981. The fourth-order valence-electron chi connectivity index (χ4n) is 2.87. The highest BCUT2D eigenvalue weighted by Crippen LogP contribution is 2.32. The molecule has 0 aliphatic rings. The van der Waals surface area contributed by atoms with Crippen LogP contribution in [0.15, 0.2) is 40.9 Å². The molecule has 1 amide bonds. The molecule has 0 spiro atoms. The molecule has 0 aliphatic carbocycles. The summed E-state index contributed by atoms with van der Waals surface area (Å²) in [4.78, 5) is 12.5. The Morgan fingerprint density at radius 2 is 2.11 bits per heavy atom. The molecule has 0 bridgehead atoms. The first-order valence-electron chi connectivity index (χ1n) is 8.89. The summed E-state index contributed by atoms with van der Waals surface area (Å²) in [6, 6.07) is 8.25. The highest BCUT2D eigenvalue weighted by Gasteiger charge is 2.18. The van der Waals surface area contributed by atoms with E-state index in [4.69, 9.17) is 32.4 Å². The van der Waals surface area contributed by atoms with Crippen LogP contribution in [0.2, 0.25) is 10.0 Å². The van der Waals surface area contributed by atoms with Gasteiger partial charge in [0.05, 0.1) is 17.3 Å². The Hall–Kier alpha value is -2.44. The number of carbonyl (C=O) groups is 1. The van der Waals surface area contributed by atoms with Crippen molar-refractivity contribution in [2.24, 2.45) is 0 Å². The Balaban J connectivity index is 1.62. The van der Waals surface area contributed by atoms with E-state index in [0.29, 0.717) is 21.6 Å². The molecule has 2 heterocycles. The molecule has 0 saturated heterocycles. The van der Waals surface area contributed by atoms with E-state index in [1.807, 2.05) is 25.5 Å². The number of amides is 1. The van der Waals surface area contributed by atoms with Crippen LogP contribution in [0.25, 0.3) is 0 Å². The minimum atomic E-state index is -0.303. The molecule has 3 aromatic rings. The SMILES string of the molecule is CCn1ncc(C(C)NC(=O)c2ccc(COc3cccc(Cl)c3Cl)o2)c1C. The maximum absolute atomic E-state index is 12.5. The van der Waals surface area contributed by atoms with Crippen LogP contribution < -0.4 is 10.1 Å². The number of nitrogens with zero attached hydrogens (tertiary/aromatic N) is 2. The van der Waals surface area contributed by atoms with Gasteiger partial charge in [-0.1, -0.05) is 29.3 Å². The van der Waals surface area contributed by atoms with Crippen molar-refractivity contribution in [1.29, 1.82) is 0 Å². The first kappa shape index (κ1) is 20.3. The normalized spacial score (nSPS) is 12.0. The van der Waals surface area contributed by atoms with Crippen molar-refractivity contribution in [2.45, 2.75) is 40.0 Å². The standard InChI is InChI=1S/C20H21Cl2N3O3/c1-4-25-13(3)15(10-23-25)12(2)24-20(26)18-9-8-14(28-18)11-27-17-7-5-6-16(21)19(17)22/h5-10,12H,4,11H2,1-3H3,(H,24,26). The van der Waals surface area contributed by atoms with Gasteiger partial charge in [-0.25, -0.2) is 0 Å². The van der Waals surface area contributed by atoms with Gasteiger partial charge in [-0.05, 0) is 45.0 Å². The quantitative estimate of drug-likeness (QED) is 0.570. The van der Waals surface area contributed by atoms with Gasteiger partial charge in [-0.3, -0.25) is 9.48 Å². The highest BCUT2D eigenvalue weighted by atomic mass is 35.5. The van der Waals surface area contributed by atoms with E-state index in [0.717, 1.165) is 17.8 Å². The zero-order valence-corrected chi connectivity index (χ0v) is 17.3. The van der Waals surface area contributed by atoms with Crippen molar-refractivity contribution in [3.63, 3.8) is 0 Å². The van der Waals surface area contributed by atoms with E-state index in [1.54, 1.807) is 36.5 Å². The van der Waals surface area contributed by atoms with Crippen LogP contribution in [0.5, 0.6) is 5.75 Å². The lowest BCUT2D eigenvalue weighted by Gasteiger charge is -2.13. The number of hydrogen-bond acceptors (Lipinski definition) is 4. The van der Waals surface area contributed by atoms with E-state index in [1.165, 1.54) is 0 Å². The van der Waals surface area contributed by atoms with Crippen molar-refractivity contribution in [3.8, 4) is 5.75 Å². The fraction of sp³-hybridized carbons (Fsp3) is 0.300. The second kappa shape index (κ2) is 8.71. The molecule has 1 unspecified atom stereocenters. The molecule has 28 heavy (non-hydrogen) atoms. The van der Waals surface area contributed by atoms with E-state index in [9.17, 15) is 4.79 Å². The van der Waals surface area contributed by atoms with Crippen LogP contribution in [-0.4, -0.2) is 15.7 Å². The summed E-state index contributed by atoms with van der Waals surface area (Å²) < 4.78 is 13.1. The predicted octanol–water partition coefficient (Wildman–Crippen LogP) is 5.18. The molecule has 0 radical (unpaired) electrons. The van der Waals surface area contributed by atoms with Crippen LogP contribution in [0.3, 0.4) is 0 Å². The topological polar surface area (TPSA) is 69.3 Å². The third-order valence-electron chi connectivity index (χ3n) is 4.43. The van der Waals surface area contributed by atoms with Gasteiger partial charge in [0, 0.05) is 17.8 Å². The van der Waals surface area contributed by atoms with Gasteiger partial charge in [-0.15, -0.1) is 0 Å². The number of rotatable bonds is 7. The highest BCUT2D eigenvalue weighted by molar-refractivity contribution is 6.42. The van der Waals surface area contributed by atoms with Crippen LogP contribution in [0.1, 0.15) is 47.5 Å². The molecule has 3 rings (SSSR count). The number of ether oxygens (including phenoxy) is 1. The van der Waals surface area contributed by atoms with E-state index in [2.05, 4.69) is 10.4 Å². The lowest BCUT2D eigenvalue weighted by Crippen LogP contribution is -2.26. The Labute approximate surface area is 173 Å². The number of benzene rings is 1. The van der Waals surface area contributed by atoms with Crippen LogP contribution >= 0.6 is 23.2 Å². The maximum atomic E-state index is 12.5. The zero-order valence-electron chi connectivity index (χ0n) is 15.8. The Kier molecular flexibility index (Phi) is 6.31. The average molecular weight is 422 g/mol. The number of furan rings is 1. The van der Waals surface area contributed by atoms with Gasteiger partial charge in [0.1, 0.15) is 23.1 Å². The van der Waals surface area contributed by atoms with Gasteiger partial charge >= 0.3 is 0 Å². The fourth-order valence-corrected chi connectivity index (χ4v) is 3.22. The van der Waals surface area contributed by atoms with Gasteiger partial charge < -0.3 is 14.5 Å². The van der Waals surface area contributed by atoms with Gasteiger partial charge in [0.2, 0.25) is 0 Å². The Morgan fingerprint density at radius 1 is 1.32 bits per heavy atom. The number of carbonyl (C=O) groups excluding carboxylic acids is 1. The summed E-state index contributed by atoms with van der Waals surface area (Å²) in [6.45, 7) is 6.83. The molecular weight excluding hydrogens is 401 g/mol. The van der Waals surface area contributed by atoms with Crippen LogP contribution in [-0.2, 0) is 13.2 Å². The monoisotopic (exact) mass is 421 g/mol. The van der Waals surface area contributed by atoms with Crippen LogP contribution in [0, 0.1) is 6.92 Å². The second-order valence-electron chi connectivity index (χ2n) is 6.30. The first-order valence-corrected chi connectivity index (χ1v) is 9.65. The van der Waals surface area contributed by atoms with Gasteiger partial charge in [0.25, 0.3) is 5.91 Å². The number of halogens is 2. The van der Waals surface area contributed by atoms with Crippen LogP contribution in [0.4, 0.5) is 0 Å². The molecule has 1 N–H and O–H groups in total. The summed E-state index contributed by atoms with van der Waals surface area (Å²) in [5, 5.41) is 7.99. The smallest absolute Gasteiger partial charge is 0.287 e. The summed E-state index contributed by atoms with van der Waals surface area (Å²) in [7, 11) is 0. The lowest BCUT2D eigenvalue weighted by atomic mass is 10.1. The van der Waals surface area contributed by atoms with Crippen molar-refractivity contribution < 1.29 is 13.9 Å². The molecule has 1 atom stereocenters. The molecule has 0 aliphatic heterocycles. The summed E-state index contributed by atoms with van der Waals surface area (Å²) >= 11 is 12.1. The third kappa shape index (κ3) is 4.34. The minimum absolute atomic E-state index is 0.130. The number of nitrogens with one attached hydrogen (secondary N) is 1. The molecule has 0 saturated carbocycles. The maximum Gasteiger partial charge on any atom is 0.287 e. The first-order chi connectivity index (χ1) is 13.4. The predicted molar refractivity (Wildman–Crippen MR) is 108 cm³/mol. The zero-order chi connectivity index (χ0) is 20.3. The third-order valence-corrected chi connectivity index (χ3v) is 5.23. The van der Waals surface area contributed by atoms with Gasteiger partial charge in [-0.2, -0.15) is 5.10 Å². The van der Waals surface area contributed by atoms with E-state index < -0.39 is 0 Å².